The Kier molecular flexibility index (Phi) is 7.95. The van der Waals surface area contributed by atoms with Gasteiger partial charge in [-0.15, -0.1) is 11.3 Å². The number of aliphatic imine (C=N–C) groups is 1. The van der Waals surface area contributed by atoms with Gasteiger partial charge >= 0.3 is 0 Å². The summed E-state index contributed by atoms with van der Waals surface area (Å²) in [5.41, 5.74) is 0.0459. The fourth-order valence-corrected chi connectivity index (χ4v) is 2.78. The fourth-order valence-electron chi connectivity index (χ4n) is 1.92. The third kappa shape index (κ3) is 6.47. The summed E-state index contributed by atoms with van der Waals surface area (Å²) in [6.45, 7) is 8.55. The van der Waals surface area contributed by atoms with Gasteiger partial charge in [0.2, 0.25) is 5.91 Å². The number of carbonyl (C=O) groups is 1. The highest BCUT2D eigenvalue weighted by molar-refractivity contribution is 7.10. The molecule has 0 atom stereocenters. The molecule has 0 bridgehead atoms. The molecule has 0 saturated carbocycles. The predicted molar refractivity (Wildman–Crippen MR) is 94.6 cm³/mol. The molecule has 0 fully saturated rings. The molecule has 5 nitrogen and oxygen atoms in total. The van der Waals surface area contributed by atoms with Crippen molar-refractivity contribution in [2.75, 3.05) is 26.7 Å². The molecule has 124 valence electrons. The highest BCUT2D eigenvalue weighted by Gasteiger charge is 2.21. The molecule has 0 radical (unpaired) electrons. The highest BCUT2D eigenvalue weighted by Crippen LogP contribution is 2.26. The number of amides is 1. The lowest BCUT2D eigenvalue weighted by molar-refractivity contribution is -0.120. The zero-order valence-corrected chi connectivity index (χ0v) is 14.8. The Morgan fingerprint density at radius 2 is 2.05 bits per heavy atom. The number of nitrogens with one attached hydrogen (secondary N) is 3. The number of guanidine groups is 1. The van der Waals surface area contributed by atoms with E-state index in [-0.39, 0.29) is 11.3 Å². The van der Waals surface area contributed by atoms with Crippen molar-refractivity contribution in [1.82, 2.24) is 16.0 Å². The zero-order chi connectivity index (χ0) is 16.4. The van der Waals surface area contributed by atoms with Crippen LogP contribution in [-0.4, -0.2) is 38.5 Å². The maximum Gasteiger partial charge on any atom is 0.221 e. The summed E-state index contributed by atoms with van der Waals surface area (Å²) >= 11 is 1.77. The van der Waals surface area contributed by atoms with Crippen LogP contribution in [0, 0.1) is 0 Å². The second kappa shape index (κ2) is 9.46. The minimum absolute atomic E-state index is 0.0459. The lowest BCUT2D eigenvalue weighted by Gasteiger charge is -2.25. The van der Waals surface area contributed by atoms with Crippen LogP contribution >= 0.6 is 11.3 Å². The molecule has 3 N–H and O–H groups in total. The number of thiophene rings is 1. The molecule has 0 spiro atoms. The van der Waals surface area contributed by atoms with Gasteiger partial charge < -0.3 is 16.0 Å². The lowest BCUT2D eigenvalue weighted by atomic mass is 9.91. The van der Waals surface area contributed by atoms with Crippen molar-refractivity contribution in [3.63, 3.8) is 0 Å². The molecule has 0 aliphatic rings. The Hall–Kier alpha value is -1.56. The van der Waals surface area contributed by atoms with E-state index in [2.05, 4.69) is 52.3 Å². The summed E-state index contributed by atoms with van der Waals surface area (Å²) in [4.78, 5) is 17.1. The van der Waals surface area contributed by atoms with Crippen LogP contribution in [0.4, 0.5) is 0 Å². The summed E-state index contributed by atoms with van der Waals surface area (Å²) in [7, 11) is 1.74. The second-order valence-corrected chi connectivity index (χ2v) is 6.76. The van der Waals surface area contributed by atoms with Gasteiger partial charge in [-0.1, -0.05) is 26.8 Å². The van der Waals surface area contributed by atoms with E-state index in [9.17, 15) is 4.79 Å². The second-order valence-electron chi connectivity index (χ2n) is 5.81. The summed E-state index contributed by atoms with van der Waals surface area (Å²) in [5.74, 6) is 0.802. The SMILES string of the molecule is CCCNC(=O)CCNC(=NC)NCC(C)(C)c1cccs1. The monoisotopic (exact) mass is 324 g/mol. The molecule has 6 heteroatoms. The van der Waals surface area contributed by atoms with Crippen molar-refractivity contribution in [2.45, 2.75) is 39.0 Å². The minimum atomic E-state index is 0.0459. The molecular formula is C16H28N4OS. The fraction of sp³-hybridized carbons (Fsp3) is 0.625. The van der Waals surface area contributed by atoms with E-state index in [1.54, 1.807) is 18.4 Å². The average Bonchev–Trinajstić information content (AvgIpc) is 3.03. The van der Waals surface area contributed by atoms with E-state index in [4.69, 9.17) is 0 Å². The van der Waals surface area contributed by atoms with Crippen molar-refractivity contribution < 1.29 is 4.79 Å². The molecular weight excluding hydrogens is 296 g/mol. The van der Waals surface area contributed by atoms with Crippen LogP contribution in [0.1, 0.15) is 38.5 Å². The third-order valence-corrected chi connectivity index (χ3v) is 4.56. The van der Waals surface area contributed by atoms with E-state index in [0.717, 1.165) is 25.5 Å². The van der Waals surface area contributed by atoms with E-state index in [1.165, 1.54) is 4.88 Å². The standard InChI is InChI=1S/C16H28N4OS/c1-5-9-18-14(21)8-10-19-15(17-4)20-12-16(2,3)13-7-6-11-22-13/h6-7,11H,5,8-10,12H2,1-4H3,(H,18,21)(H2,17,19,20). The molecule has 0 saturated heterocycles. The summed E-state index contributed by atoms with van der Waals surface area (Å²) in [6.07, 6.45) is 1.41. The molecule has 1 aromatic heterocycles. The van der Waals surface area contributed by atoms with Gasteiger partial charge in [0.1, 0.15) is 0 Å². The van der Waals surface area contributed by atoms with Gasteiger partial charge in [0.05, 0.1) is 0 Å². The van der Waals surface area contributed by atoms with Crippen LogP contribution < -0.4 is 16.0 Å². The van der Waals surface area contributed by atoms with Gasteiger partial charge in [0, 0.05) is 43.4 Å². The quantitative estimate of drug-likeness (QED) is 0.507. The molecule has 1 heterocycles. The van der Waals surface area contributed by atoms with Crippen molar-refractivity contribution in [2.24, 2.45) is 4.99 Å². The Labute approximate surface area is 137 Å². The number of hydrogen-bond acceptors (Lipinski definition) is 3. The number of hydrogen-bond donors (Lipinski definition) is 3. The Balaban J connectivity index is 2.32. The van der Waals surface area contributed by atoms with Gasteiger partial charge in [-0.25, -0.2) is 0 Å². The van der Waals surface area contributed by atoms with E-state index in [0.29, 0.717) is 13.0 Å². The van der Waals surface area contributed by atoms with Gasteiger partial charge in [-0.3, -0.25) is 9.79 Å². The number of rotatable bonds is 8. The molecule has 1 aromatic rings. The maximum atomic E-state index is 11.5. The van der Waals surface area contributed by atoms with Gasteiger partial charge in [0.25, 0.3) is 0 Å². The van der Waals surface area contributed by atoms with Gasteiger partial charge in [-0.05, 0) is 17.9 Å². The van der Waals surface area contributed by atoms with Crippen LogP contribution in [0.25, 0.3) is 0 Å². The predicted octanol–water partition coefficient (Wildman–Crippen LogP) is 2.11. The van der Waals surface area contributed by atoms with Crippen molar-refractivity contribution >= 4 is 23.2 Å². The Morgan fingerprint density at radius 1 is 1.27 bits per heavy atom. The molecule has 1 amide bonds. The van der Waals surface area contributed by atoms with Crippen LogP contribution in [-0.2, 0) is 10.2 Å². The van der Waals surface area contributed by atoms with Gasteiger partial charge in [-0.2, -0.15) is 0 Å². The molecule has 0 unspecified atom stereocenters. The van der Waals surface area contributed by atoms with Crippen molar-refractivity contribution in [3.8, 4) is 0 Å². The lowest BCUT2D eigenvalue weighted by Crippen LogP contribution is -2.44. The van der Waals surface area contributed by atoms with Crippen molar-refractivity contribution in [1.29, 1.82) is 0 Å². The van der Waals surface area contributed by atoms with E-state index < -0.39 is 0 Å². The van der Waals surface area contributed by atoms with Crippen LogP contribution in [0.3, 0.4) is 0 Å². The molecule has 0 aliphatic carbocycles. The summed E-state index contributed by atoms with van der Waals surface area (Å²) in [5, 5.41) is 11.5. The Morgan fingerprint density at radius 3 is 2.64 bits per heavy atom. The first-order chi connectivity index (χ1) is 10.5. The third-order valence-electron chi connectivity index (χ3n) is 3.33. The summed E-state index contributed by atoms with van der Waals surface area (Å²) in [6, 6.07) is 4.23. The van der Waals surface area contributed by atoms with Gasteiger partial charge in [0.15, 0.2) is 5.96 Å². The first-order valence-corrected chi connectivity index (χ1v) is 8.62. The molecule has 0 aromatic carbocycles. The van der Waals surface area contributed by atoms with E-state index >= 15 is 0 Å². The normalized spacial score (nSPS) is 12.1. The average molecular weight is 324 g/mol. The minimum Gasteiger partial charge on any atom is -0.356 e. The number of carbonyl (C=O) groups excluding carboxylic acids is 1. The van der Waals surface area contributed by atoms with E-state index in [1.807, 2.05) is 6.92 Å². The maximum absolute atomic E-state index is 11.5. The van der Waals surface area contributed by atoms with Crippen molar-refractivity contribution in [3.05, 3.63) is 22.4 Å². The molecule has 0 aliphatic heterocycles. The largest absolute Gasteiger partial charge is 0.356 e. The number of nitrogens with zero attached hydrogens (tertiary/aromatic N) is 1. The first kappa shape index (κ1) is 18.5. The Bertz CT molecular complexity index is 469. The topological polar surface area (TPSA) is 65.5 Å². The smallest absolute Gasteiger partial charge is 0.221 e. The molecule has 1 rings (SSSR count). The first-order valence-electron chi connectivity index (χ1n) is 7.74. The van der Waals surface area contributed by atoms with Crippen LogP contribution in [0.5, 0.6) is 0 Å². The zero-order valence-electron chi connectivity index (χ0n) is 14.0. The van der Waals surface area contributed by atoms with Crippen LogP contribution in [0.2, 0.25) is 0 Å². The summed E-state index contributed by atoms with van der Waals surface area (Å²) < 4.78 is 0. The molecule has 22 heavy (non-hydrogen) atoms. The van der Waals surface area contributed by atoms with Crippen LogP contribution in [0.15, 0.2) is 22.5 Å². The highest BCUT2D eigenvalue weighted by atomic mass is 32.1.